The summed E-state index contributed by atoms with van der Waals surface area (Å²) in [6, 6.07) is 13.2. The highest BCUT2D eigenvalue weighted by Gasteiger charge is 2.21. The average Bonchev–Trinajstić information content (AvgIpc) is 2.83. The van der Waals surface area contributed by atoms with Crippen LogP contribution in [0.5, 0.6) is 5.75 Å². The first kappa shape index (κ1) is 28.7. The molecule has 0 unspecified atom stereocenters. The van der Waals surface area contributed by atoms with Crippen molar-refractivity contribution in [1.82, 2.24) is 0 Å². The van der Waals surface area contributed by atoms with Crippen molar-refractivity contribution in [3.05, 3.63) is 81.9 Å². The lowest BCUT2D eigenvalue weighted by atomic mass is 10.1. The predicted octanol–water partition coefficient (Wildman–Crippen LogP) is 4.15. The van der Waals surface area contributed by atoms with E-state index in [1.165, 1.54) is 18.2 Å². The van der Waals surface area contributed by atoms with Gasteiger partial charge in [-0.25, -0.2) is 9.59 Å². The molecule has 0 fully saturated rings. The fourth-order valence-corrected chi connectivity index (χ4v) is 2.68. The van der Waals surface area contributed by atoms with Crippen molar-refractivity contribution in [2.75, 3.05) is 0 Å². The number of ketones is 2. The largest absolute Gasteiger partial charge is 0.489 e. The molecule has 0 saturated carbocycles. The van der Waals surface area contributed by atoms with Gasteiger partial charge in [0, 0.05) is 24.5 Å². The van der Waals surface area contributed by atoms with E-state index in [4.69, 9.17) is 14.9 Å². The van der Waals surface area contributed by atoms with Gasteiger partial charge in [0.05, 0.1) is 4.92 Å². The summed E-state index contributed by atoms with van der Waals surface area (Å²) in [5.41, 5.74) is 0.605. The summed E-state index contributed by atoms with van der Waals surface area (Å²) in [7, 11) is 0. The SMILES string of the molecule is CCC/C=C\CCC(=O)C(=O)O.O=C(O)C(=O)Cc1cc(OCc2ccccc2)ccc1[N+](=O)[O-]. The number of nitro groups is 1. The molecule has 0 aliphatic rings. The van der Waals surface area contributed by atoms with Gasteiger partial charge in [0.15, 0.2) is 0 Å². The number of nitrogens with zero attached hydrogens (tertiary/aromatic N) is 1. The topological polar surface area (TPSA) is 161 Å². The van der Waals surface area contributed by atoms with E-state index in [0.29, 0.717) is 12.2 Å². The summed E-state index contributed by atoms with van der Waals surface area (Å²) >= 11 is 0. The molecule has 2 aromatic rings. The number of nitro benzene ring substituents is 1. The Morgan fingerprint density at radius 2 is 1.57 bits per heavy atom. The Labute approximate surface area is 202 Å². The summed E-state index contributed by atoms with van der Waals surface area (Å²) < 4.78 is 5.53. The lowest BCUT2D eigenvalue weighted by Gasteiger charge is -2.08. The second-order valence-electron chi connectivity index (χ2n) is 7.25. The second-order valence-corrected chi connectivity index (χ2v) is 7.25. The van der Waals surface area contributed by atoms with E-state index >= 15 is 0 Å². The standard InChI is InChI=1S/C16H13NO6.C9H14O3/c18-15(16(19)20)9-12-8-13(6-7-14(12)17(21)22)23-10-11-4-2-1-3-5-11;1-2-3-4-5-6-7-8(10)9(11)12/h1-8H,9-10H2,(H,19,20);4-5H,2-3,6-7H2,1H3,(H,11,12)/b;5-4-. The molecule has 0 bridgehead atoms. The molecule has 0 aromatic heterocycles. The molecule has 0 spiro atoms. The van der Waals surface area contributed by atoms with Gasteiger partial charge in [0.25, 0.3) is 5.69 Å². The maximum absolute atomic E-state index is 11.3. The highest BCUT2D eigenvalue weighted by Crippen LogP contribution is 2.25. The highest BCUT2D eigenvalue weighted by atomic mass is 16.6. The third-order valence-electron chi connectivity index (χ3n) is 4.48. The van der Waals surface area contributed by atoms with Crippen molar-refractivity contribution >= 4 is 29.2 Å². The Hall–Kier alpha value is -4.34. The van der Waals surface area contributed by atoms with Crippen LogP contribution >= 0.6 is 0 Å². The maximum Gasteiger partial charge on any atom is 0.372 e. The number of carboxylic acids is 2. The van der Waals surface area contributed by atoms with E-state index in [1.807, 2.05) is 42.5 Å². The number of benzene rings is 2. The quantitative estimate of drug-likeness (QED) is 0.184. The molecule has 2 N–H and O–H groups in total. The molecular weight excluding hydrogens is 458 g/mol. The molecule has 10 heteroatoms. The maximum atomic E-state index is 11.3. The van der Waals surface area contributed by atoms with Crippen molar-refractivity contribution in [2.45, 2.75) is 45.6 Å². The normalized spacial score (nSPS) is 10.2. The molecule has 2 rings (SSSR count). The van der Waals surface area contributed by atoms with Crippen molar-refractivity contribution in [3.63, 3.8) is 0 Å². The van der Waals surface area contributed by atoms with Crippen LogP contribution in [-0.2, 0) is 32.2 Å². The van der Waals surface area contributed by atoms with E-state index in [1.54, 1.807) is 0 Å². The lowest BCUT2D eigenvalue weighted by Crippen LogP contribution is -2.16. The number of allylic oxidation sites excluding steroid dienone is 2. The number of hydrogen-bond donors (Lipinski definition) is 2. The van der Waals surface area contributed by atoms with Gasteiger partial charge in [-0.2, -0.15) is 0 Å². The molecule has 0 aliphatic carbocycles. The van der Waals surface area contributed by atoms with Crippen molar-refractivity contribution in [1.29, 1.82) is 0 Å². The monoisotopic (exact) mass is 485 g/mol. The van der Waals surface area contributed by atoms with Crippen LogP contribution in [0, 0.1) is 10.1 Å². The number of ether oxygens (including phenoxy) is 1. The van der Waals surface area contributed by atoms with Gasteiger partial charge in [-0.3, -0.25) is 19.7 Å². The minimum absolute atomic E-state index is 0.00737. The third kappa shape index (κ3) is 11.4. The summed E-state index contributed by atoms with van der Waals surface area (Å²) in [5, 5.41) is 27.8. The Bertz CT molecular complexity index is 1060. The Morgan fingerprint density at radius 1 is 0.943 bits per heavy atom. The van der Waals surface area contributed by atoms with Gasteiger partial charge in [-0.05, 0) is 30.5 Å². The molecule has 10 nitrogen and oxygen atoms in total. The van der Waals surface area contributed by atoms with Crippen LogP contribution in [0.25, 0.3) is 0 Å². The van der Waals surface area contributed by atoms with E-state index < -0.39 is 34.8 Å². The summed E-state index contributed by atoms with van der Waals surface area (Å²) in [6.45, 7) is 2.32. The van der Waals surface area contributed by atoms with E-state index in [2.05, 4.69) is 6.92 Å². The molecular formula is C25H27NO9. The first-order valence-corrected chi connectivity index (χ1v) is 10.8. The van der Waals surface area contributed by atoms with Gasteiger partial charge in [-0.15, -0.1) is 0 Å². The van der Waals surface area contributed by atoms with Crippen LogP contribution in [0.2, 0.25) is 0 Å². The molecule has 0 saturated heterocycles. The van der Waals surface area contributed by atoms with Gasteiger partial charge in [-0.1, -0.05) is 55.8 Å². The number of carbonyl (C=O) groups is 4. The Kier molecular flexibility index (Phi) is 12.7. The molecule has 186 valence electrons. The zero-order chi connectivity index (χ0) is 26.2. The van der Waals surface area contributed by atoms with E-state index in [0.717, 1.165) is 18.4 Å². The first-order valence-electron chi connectivity index (χ1n) is 10.8. The molecule has 0 heterocycles. The average molecular weight is 485 g/mol. The minimum atomic E-state index is -1.63. The number of aliphatic carboxylic acids is 2. The smallest absolute Gasteiger partial charge is 0.372 e. The van der Waals surface area contributed by atoms with Crippen LogP contribution in [-0.4, -0.2) is 38.6 Å². The van der Waals surface area contributed by atoms with Crippen LogP contribution in [0.1, 0.15) is 43.7 Å². The number of Topliss-reactive ketones (excluding diaryl/α,β-unsaturated/α-hetero) is 2. The fourth-order valence-electron chi connectivity index (χ4n) is 2.68. The van der Waals surface area contributed by atoms with E-state index in [-0.39, 0.29) is 24.3 Å². The molecule has 0 radical (unpaired) electrons. The lowest BCUT2D eigenvalue weighted by molar-refractivity contribution is -0.385. The van der Waals surface area contributed by atoms with Gasteiger partial charge >= 0.3 is 11.9 Å². The summed E-state index contributed by atoms with van der Waals surface area (Å²) in [5.74, 6) is -4.47. The number of carbonyl (C=O) groups excluding carboxylic acids is 2. The third-order valence-corrected chi connectivity index (χ3v) is 4.48. The summed E-state index contributed by atoms with van der Waals surface area (Å²) in [4.78, 5) is 52.8. The first-order chi connectivity index (χ1) is 16.6. The molecule has 0 atom stereocenters. The van der Waals surface area contributed by atoms with Crippen LogP contribution < -0.4 is 4.74 Å². The predicted molar refractivity (Wildman–Crippen MR) is 126 cm³/mol. The van der Waals surface area contributed by atoms with Crippen LogP contribution in [0.4, 0.5) is 5.69 Å². The minimum Gasteiger partial charge on any atom is -0.489 e. The molecule has 0 amide bonds. The molecule has 2 aromatic carbocycles. The second kappa shape index (κ2) is 15.5. The summed E-state index contributed by atoms with van der Waals surface area (Å²) in [6.07, 6.45) is 5.96. The number of unbranched alkanes of at least 4 members (excludes halogenated alkanes) is 1. The molecule has 0 aliphatic heterocycles. The number of carboxylic acid groups (broad SMARTS) is 2. The zero-order valence-electron chi connectivity index (χ0n) is 19.2. The Morgan fingerprint density at radius 3 is 2.14 bits per heavy atom. The highest BCUT2D eigenvalue weighted by molar-refractivity contribution is 6.33. The van der Waals surface area contributed by atoms with E-state index in [9.17, 15) is 29.3 Å². The fraction of sp³-hybridized carbons (Fsp3) is 0.280. The number of rotatable bonds is 13. The zero-order valence-corrected chi connectivity index (χ0v) is 19.2. The van der Waals surface area contributed by atoms with Crippen LogP contribution in [0.15, 0.2) is 60.7 Å². The van der Waals surface area contributed by atoms with Gasteiger partial charge < -0.3 is 14.9 Å². The molecule has 35 heavy (non-hydrogen) atoms. The van der Waals surface area contributed by atoms with Crippen molar-refractivity contribution < 1.29 is 39.1 Å². The van der Waals surface area contributed by atoms with Crippen molar-refractivity contribution in [3.8, 4) is 5.75 Å². The Balaban J connectivity index is 0.000000434. The number of hydrogen-bond acceptors (Lipinski definition) is 7. The van der Waals surface area contributed by atoms with Gasteiger partial charge in [0.1, 0.15) is 12.4 Å². The van der Waals surface area contributed by atoms with Crippen LogP contribution in [0.3, 0.4) is 0 Å². The van der Waals surface area contributed by atoms with Gasteiger partial charge in [0.2, 0.25) is 11.6 Å². The van der Waals surface area contributed by atoms with Crippen molar-refractivity contribution in [2.24, 2.45) is 0 Å².